The molecule has 0 unspecified atom stereocenters. The molecule has 0 radical (unpaired) electrons. The number of carbonyl (C=O) groups is 3. The fourth-order valence-electron chi connectivity index (χ4n) is 1.76. The van der Waals surface area contributed by atoms with Crippen molar-refractivity contribution in [1.82, 2.24) is 10.9 Å². The number of benzene rings is 1. The number of hydrazine groups is 1. The molecule has 0 fully saturated rings. The standard InChI is InChI=1S/C15H14BrN3O3S/c1-9(20)17-11-4-2-10(3-5-11)8-14(21)18-19-15(22)12-6-7-13(16)23-12/h2-7H,8H2,1H3,(H,17,20)(H,18,21)(H,19,22). The lowest BCUT2D eigenvalue weighted by Crippen LogP contribution is -2.42. The first-order valence-electron chi connectivity index (χ1n) is 6.65. The van der Waals surface area contributed by atoms with Crippen LogP contribution in [-0.2, 0) is 16.0 Å². The monoisotopic (exact) mass is 395 g/mol. The first kappa shape index (κ1) is 17.2. The third kappa shape index (κ3) is 5.50. The second-order valence-electron chi connectivity index (χ2n) is 4.66. The highest BCUT2D eigenvalue weighted by atomic mass is 79.9. The maximum atomic E-state index is 11.8. The summed E-state index contributed by atoms with van der Waals surface area (Å²) in [5, 5.41) is 2.65. The molecular formula is C15H14BrN3O3S. The van der Waals surface area contributed by atoms with Crippen LogP contribution in [0.15, 0.2) is 40.2 Å². The molecular weight excluding hydrogens is 382 g/mol. The minimum atomic E-state index is -0.366. The first-order chi connectivity index (χ1) is 10.9. The molecule has 0 spiro atoms. The highest BCUT2D eigenvalue weighted by Crippen LogP contribution is 2.21. The predicted octanol–water partition coefficient (Wildman–Crippen LogP) is 2.47. The van der Waals surface area contributed by atoms with Crippen LogP contribution >= 0.6 is 27.3 Å². The van der Waals surface area contributed by atoms with Gasteiger partial charge in [0.25, 0.3) is 5.91 Å². The second-order valence-corrected chi connectivity index (χ2v) is 7.12. The quantitative estimate of drug-likeness (QED) is 0.694. The molecule has 8 heteroatoms. The van der Waals surface area contributed by atoms with E-state index < -0.39 is 0 Å². The van der Waals surface area contributed by atoms with Crippen LogP contribution < -0.4 is 16.2 Å². The number of anilines is 1. The summed E-state index contributed by atoms with van der Waals surface area (Å²) >= 11 is 4.55. The lowest BCUT2D eigenvalue weighted by molar-refractivity contribution is -0.121. The zero-order valence-corrected chi connectivity index (χ0v) is 14.6. The number of hydrogen-bond donors (Lipinski definition) is 3. The molecule has 120 valence electrons. The van der Waals surface area contributed by atoms with Crippen LogP contribution in [0.4, 0.5) is 5.69 Å². The van der Waals surface area contributed by atoms with Gasteiger partial charge in [-0.3, -0.25) is 25.2 Å². The number of rotatable bonds is 4. The zero-order valence-electron chi connectivity index (χ0n) is 12.2. The van der Waals surface area contributed by atoms with Crippen molar-refractivity contribution in [3.8, 4) is 0 Å². The third-order valence-corrected chi connectivity index (χ3v) is 4.37. The maximum absolute atomic E-state index is 11.8. The van der Waals surface area contributed by atoms with Gasteiger partial charge in [-0.05, 0) is 45.8 Å². The summed E-state index contributed by atoms with van der Waals surface area (Å²) in [6.45, 7) is 1.43. The molecule has 0 bridgehead atoms. The molecule has 1 heterocycles. The van der Waals surface area contributed by atoms with Gasteiger partial charge < -0.3 is 5.32 Å². The fourth-order valence-corrected chi connectivity index (χ4v) is 3.04. The van der Waals surface area contributed by atoms with Crippen molar-refractivity contribution in [2.45, 2.75) is 13.3 Å². The number of hydrogen-bond acceptors (Lipinski definition) is 4. The van der Waals surface area contributed by atoms with E-state index in [2.05, 4.69) is 32.1 Å². The molecule has 3 amide bonds. The zero-order chi connectivity index (χ0) is 16.8. The second kappa shape index (κ2) is 7.89. The number of halogens is 1. The van der Waals surface area contributed by atoms with Gasteiger partial charge in [-0.25, -0.2) is 0 Å². The van der Waals surface area contributed by atoms with Crippen molar-refractivity contribution < 1.29 is 14.4 Å². The largest absolute Gasteiger partial charge is 0.326 e. The van der Waals surface area contributed by atoms with E-state index in [4.69, 9.17) is 0 Å². The van der Waals surface area contributed by atoms with E-state index in [1.54, 1.807) is 36.4 Å². The molecule has 1 aromatic carbocycles. The van der Waals surface area contributed by atoms with E-state index in [0.717, 1.165) is 9.35 Å². The van der Waals surface area contributed by atoms with Crippen molar-refractivity contribution in [2.24, 2.45) is 0 Å². The summed E-state index contributed by atoms with van der Waals surface area (Å²) in [6, 6.07) is 10.3. The van der Waals surface area contributed by atoms with E-state index in [-0.39, 0.29) is 24.1 Å². The minimum Gasteiger partial charge on any atom is -0.326 e. The van der Waals surface area contributed by atoms with Crippen molar-refractivity contribution in [1.29, 1.82) is 0 Å². The predicted molar refractivity (Wildman–Crippen MR) is 92.1 cm³/mol. The normalized spacial score (nSPS) is 10.0. The Balaban J connectivity index is 1.82. The summed E-state index contributed by atoms with van der Waals surface area (Å²) in [5.41, 5.74) is 6.17. The third-order valence-electron chi connectivity index (χ3n) is 2.75. The van der Waals surface area contributed by atoms with E-state index in [9.17, 15) is 14.4 Å². The molecule has 0 aliphatic carbocycles. The fraction of sp³-hybridized carbons (Fsp3) is 0.133. The van der Waals surface area contributed by atoms with Crippen LogP contribution in [-0.4, -0.2) is 17.7 Å². The first-order valence-corrected chi connectivity index (χ1v) is 8.26. The molecule has 0 saturated carbocycles. The molecule has 0 aliphatic heterocycles. The van der Waals surface area contributed by atoms with E-state index in [1.165, 1.54) is 18.3 Å². The van der Waals surface area contributed by atoms with Crippen LogP contribution in [0.5, 0.6) is 0 Å². The Morgan fingerprint density at radius 1 is 1.04 bits per heavy atom. The Morgan fingerprint density at radius 3 is 2.30 bits per heavy atom. The molecule has 1 aromatic heterocycles. The Labute approximate surface area is 145 Å². The Hall–Kier alpha value is -2.19. The van der Waals surface area contributed by atoms with Crippen LogP contribution in [0.25, 0.3) is 0 Å². The molecule has 6 nitrogen and oxygen atoms in total. The van der Waals surface area contributed by atoms with Gasteiger partial charge >= 0.3 is 0 Å². The van der Waals surface area contributed by atoms with Crippen molar-refractivity contribution >= 4 is 50.7 Å². The summed E-state index contributed by atoms with van der Waals surface area (Å²) < 4.78 is 0.841. The highest BCUT2D eigenvalue weighted by Gasteiger charge is 2.10. The van der Waals surface area contributed by atoms with Crippen molar-refractivity contribution in [3.05, 3.63) is 50.6 Å². The van der Waals surface area contributed by atoms with Gasteiger partial charge in [-0.15, -0.1) is 11.3 Å². The van der Waals surface area contributed by atoms with E-state index >= 15 is 0 Å². The molecule has 23 heavy (non-hydrogen) atoms. The number of amides is 3. The van der Waals surface area contributed by atoms with Crippen molar-refractivity contribution in [3.63, 3.8) is 0 Å². The van der Waals surface area contributed by atoms with Crippen molar-refractivity contribution in [2.75, 3.05) is 5.32 Å². The molecule has 2 aromatic rings. The minimum absolute atomic E-state index is 0.120. The lowest BCUT2D eigenvalue weighted by Gasteiger charge is -2.07. The van der Waals surface area contributed by atoms with Gasteiger partial charge in [-0.1, -0.05) is 12.1 Å². The number of nitrogens with one attached hydrogen (secondary N) is 3. The summed E-state index contributed by atoms with van der Waals surface area (Å²) in [6.07, 6.45) is 0.120. The van der Waals surface area contributed by atoms with Gasteiger partial charge in [0.2, 0.25) is 11.8 Å². The smallest absolute Gasteiger partial charge is 0.279 e. The number of carbonyl (C=O) groups excluding carboxylic acids is 3. The highest BCUT2D eigenvalue weighted by molar-refractivity contribution is 9.11. The van der Waals surface area contributed by atoms with Gasteiger partial charge in [0.1, 0.15) is 0 Å². The molecule has 3 N–H and O–H groups in total. The average molecular weight is 396 g/mol. The van der Waals surface area contributed by atoms with Gasteiger partial charge in [0.05, 0.1) is 15.1 Å². The van der Waals surface area contributed by atoms with Crippen LogP contribution in [0, 0.1) is 0 Å². The van der Waals surface area contributed by atoms with Gasteiger partial charge in [0, 0.05) is 12.6 Å². The molecule has 2 rings (SSSR count). The Kier molecular flexibility index (Phi) is 5.89. The van der Waals surface area contributed by atoms with Gasteiger partial charge in [-0.2, -0.15) is 0 Å². The molecule has 0 atom stereocenters. The van der Waals surface area contributed by atoms with E-state index in [0.29, 0.717) is 10.6 Å². The molecule has 0 aliphatic rings. The maximum Gasteiger partial charge on any atom is 0.279 e. The van der Waals surface area contributed by atoms with E-state index in [1.807, 2.05) is 0 Å². The topological polar surface area (TPSA) is 87.3 Å². The summed E-state index contributed by atoms with van der Waals surface area (Å²) in [7, 11) is 0. The summed E-state index contributed by atoms with van der Waals surface area (Å²) in [5.74, 6) is -0.852. The average Bonchev–Trinajstić information content (AvgIpc) is 2.93. The number of thiophene rings is 1. The van der Waals surface area contributed by atoms with Crippen LogP contribution in [0.2, 0.25) is 0 Å². The lowest BCUT2D eigenvalue weighted by atomic mass is 10.1. The Bertz CT molecular complexity index is 728. The Morgan fingerprint density at radius 2 is 1.74 bits per heavy atom. The summed E-state index contributed by atoms with van der Waals surface area (Å²) in [4.78, 5) is 35.0. The van der Waals surface area contributed by atoms with Crippen LogP contribution in [0.1, 0.15) is 22.2 Å². The van der Waals surface area contributed by atoms with Gasteiger partial charge in [0.15, 0.2) is 0 Å². The SMILES string of the molecule is CC(=O)Nc1ccc(CC(=O)NNC(=O)c2ccc(Br)s2)cc1. The van der Waals surface area contributed by atoms with Crippen LogP contribution in [0.3, 0.4) is 0 Å². The molecule has 0 saturated heterocycles.